The fourth-order valence-corrected chi connectivity index (χ4v) is 2.11. The molecule has 19 heavy (non-hydrogen) atoms. The molecular weight excluding hydrogens is 330 g/mol. The molecule has 5 heteroatoms. The summed E-state index contributed by atoms with van der Waals surface area (Å²) in [6, 6.07) is 12.1. The van der Waals surface area contributed by atoms with E-state index in [0.29, 0.717) is 10.7 Å². The summed E-state index contributed by atoms with van der Waals surface area (Å²) in [5.41, 5.74) is 1.33. The van der Waals surface area contributed by atoms with Gasteiger partial charge in [0, 0.05) is 15.7 Å². The maximum Gasteiger partial charge on any atom is 0.337 e. The van der Waals surface area contributed by atoms with Gasteiger partial charge in [0.15, 0.2) is 0 Å². The van der Waals surface area contributed by atoms with E-state index < -0.39 is 5.97 Å². The van der Waals surface area contributed by atoms with E-state index in [1.807, 2.05) is 24.3 Å². The van der Waals surface area contributed by atoms with Gasteiger partial charge >= 0.3 is 5.97 Å². The van der Waals surface area contributed by atoms with Crippen LogP contribution in [0.2, 0.25) is 5.02 Å². The first-order valence-corrected chi connectivity index (χ1v) is 6.56. The van der Waals surface area contributed by atoms with E-state index in [-0.39, 0.29) is 5.56 Å². The Balaban J connectivity index is 2.35. The number of nitrogens with zero attached hydrogens (tertiary/aromatic N) is 1. The highest BCUT2D eigenvalue weighted by atomic mass is 79.9. The summed E-state index contributed by atoms with van der Waals surface area (Å²) < 4.78 is 0.936. The van der Waals surface area contributed by atoms with Crippen molar-refractivity contribution in [2.24, 2.45) is 4.99 Å². The first kappa shape index (κ1) is 13.8. The van der Waals surface area contributed by atoms with E-state index >= 15 is 0 Å². The Morgan fingerprint density at radius 2 is 2.05 bits per heavy atom. The van der Waals surface area contributed by atoms with Crippen molar-refractivity contribution in [2.45, 2.75) is 0 Å². The van der Waals surface area contributed by atoms with Gasteiger partial charge in [0.05, 0.1) is 11.3 Å². The van der Waals surface area contributed by atoms with E-state index in [4.69, 9.17) is 16.7 Å². The van der Waals surface area contributed by atoms with Crippen molar-refractivity contribution >= 4 is 45.4 Å². The Morgan fingerprint density at radius 3 is 2.74 bits per heavy atom. The maximum atomic E-state index is 11.1. The molecule has 2 aromatic rings. The van der Waals surface area contributed by atoms with Crippen LogP contribution >= 0.6 is 27.5 Å². The zero-order valence-electron chi connectivity index (χ0n) is 9.68. The van der Waals surface area contributed by atoms with Crippen molar-refractivity contribution in [1.29, 1.82) is 0 Å². The highest BCUT2D eigenvalue weighted by Gasteiger charge is 2.09. The molecule has 0 bridgehead atoms. The number of aromatic carboxylic acids is 1. The molecule has 96 valence electrons. The van der Waals surface area contributed by atoms with Gasteiger partial charge in [-0.15, -0.1) is 0 Å². The van der Waals surface area contributed by atoms with Gasteiger partial charge < -0.3 is 5.11 Å². The zero-order valence-corrected chi connectivity index (χ0v) is 12.0. The van der Waals surface area contributed by atoms with Gasteiger partial charge in [-0.1, -0.05) is 39.7 Å². The van der Waals surface area contributed by atoms with Crippen LogP contribution in [0.15, 0.2) is 51.9 Å². The molecule has 0 aromatic heterocycles. The van der Waals surface area contributed by atoms with E-state index in [9.17, 15) is 4.79 Å². The second kappa shape index (κ2) is 5.99. The van der Waals surface area contributed by atoms with Crippen LogP contribution in [0.25, 0.3) is 0 Å². The Labute approximate surface area is 123 Å². The van der Waals surface area contributed by atoms with E-state index in [1.165, 1.54) is 6.07 Å². The van der Waals surface area contributed by atoms with Crippen LogP contribution in [0.1, 0.15) is 15.9 Å². The minimum absolute atomic E-state index is 0.0822. The maximum absolute atomic E-state index is 11.1. The Hall–Kier alpha value is -1.65. The molecule has 2 aromatic carbocycles. The van der Waals surface area contributed by atoms with Crippen molar-refractivity contribution in [3.63, 3.8) is 0 Å². The van der Waals surface area contributed by atoms with E-state index in [0.717, 1.165) is 10.0 Å². The summed E-state index contributed by atoms with van der Waals surface area (Å²) in [7, 11) is 0. The number of benzene rings is 2. The fourth-order valence-electron chi connectivity index (χ4n) is 1.52. The number of carbonyl (C=O) groups is 1. The number of rotatable bonds is 3. The number of carboxylic acids is 1. The summed E-state index contributed by atoms with van der Waals surface area (Å²) >= 11 is 9.14. The molecule has 0 atom stereocenters. The second-order valence-corrected chi connectivity index (χ2v) is 5.13. The normalized spacial score (nSPS) is 10.8. The second-order valence-electron chi connectivity index (χ2n) is 3.78. The number of halogens is 2. The smallest absolute Gasteiger partial charge is 0.337 e. The Morgan fingerprint density at radius 1 is 1.26 bits per heavy atom. The average molecular weight is 339 g/mol. The van der Waals surface area contributed by atoms with Crippen LogP contribution in [-0.2, 0) is 0 Å². The van der Waals surface area contributed by atoms with Gasteiger partial charge in [0.1, 0.15) is 0 Å². The summed E-state index contributed by atoms with van der Waals surface area (Å²) in [6.45, 7) is 0. The first-order chi connectivity index (χ1) is 9.06. The quantitative estimate of drug-likeness (QED) is 0.835. The summed E-state index contributed by atoms with van der Waals surface area (Å²) in [5, 5.41) is 9.47. The third-order valence-electron chi connectivity index (χ3n) is 2.39. The monoisotopic (exact) mass is 337 g/mol. The van der Waals surface area contributed by atoms with Crippen LogP contribution in [0.3, 0.4) is 0 Å². The lowest BCUT2D eigenvalue weighted by Crippen LogP contribution is -1.96. The zero-order chi connectivity index (χ0) is 13.8. The van der Waals surface area contributed by atoms with Crippen LogP contribution in [0.5, 0.6) is 0 Å². The standard InChI is InChI=1S/C14H9BrClNO2/c15-10-3-1-2-9(6-10)8-17-13-5-4-11(16)7-12(13)14(18)19/h1-8H,(H,18,19). The molecule has 0 aliphatic rings. The number of carboxylic acid groups (broad SMARTS) is 1. The van der Waals surface area contributed by atoms with Crippen LogP contribution in [0.4, 0.5) is 5.69 Å². The summed E-state index contributed by atoms with van der Waals surface area (Å²) in [5.74, 6) is -1.05. The predicted octanol–water partition coefficient (Wildman–Crippen LogP) is 4.55. The number of hydrogen-bond donors (Lipinski definition) is 1. The van der Waals surface area contributed by atoms with E-state index in [1.54, 1.807) is 18.3 Å². The predicted molar refractivity (Wildman–Crippen MR) is 79.8 cm³/mol. The van der Waals surface area contributed by atoms with Crippen molar-refractivity contribution in [1.82, 2.24) is 0 Å². The van der Waals surface area contributed by atoms with Crippen molar-refractivity contribution in [3.05, 3.63) is 63.1 Å². The number of hydrogen-bond acceptors (Lipinski definition) is 2. The molecule has 0 aliphatic carbocycles. The van der Waals surface area contributed by atoms with Gasteiger partial charge in [-0.05, 0) is 35.9 Å². The molecule has 0 aliphatic heterocycles. The van der Waals surface area contributed by atoms with Gasteiger partial charge in [0.2, 0.25) is 0 Å². The van der Waals surface area contributed by atoms with Crippen molar-refractivity contribution < 1.29 is 9.90 Å². The molecule has 0 unspecified atom stereocenters. The van der Waals surface area contributed by atoms with Crippen molar-refractivity contribution in [2.75, 3.05) is 0 Å². The lowest BCUT2D eigenvalue weighted by molar-refractivity contribution is 0.0698. The topological polar surface area (TPSA) is 49.7 Å². The van der Waals surface area contributed by atoms with Crippen LogP contribution in [0, 0.1) is 0 Å². The SMILES string of the molecule is O=C(O)c1cc(Cl)ccc1N=Cc1cccc(Br)c1. The Kier molecular flexibility index (Phi) is 4.35. The highest BCUT2D eigenvalue weighted by molar-refractivity contribution is 9.10. The molecule has 0 amide bonds. The average Bonchev–Trinajstić information content (AvgIpc) is 2.37. The minimum Gasteiger partial charge on any atom is -0.478 e. The lowest BCUT2D eigenvalue weighted by atomic mass is 10.2. The van der Waals surface area contributed by atoms with E-state index in [2.05, 4.69) is 20.9 Å². The highest BCUT2D eigenvalue weighted by Crippen LogP contribution is 2.23. The molecule has 0 heterocycles. The minimum atomic E-state index is -1.05. The summed E-state index contributed by atoms with van der Waals surface area (Å²) in [6.07, 6.45) is 1.61. The van der Waals surface area contributed by atoms with Gasteiger partial charge in [-0.3, -0.25) is 4.99 Å². The third kappa shape index (κ3) is 3.66. The molecule has 1 N–H and O–H groups in total. The van der Waals surface area contributed by atoms with Crippen molar-refractivity contribution in [3.8, 4) is 0 Å². The first-order valence-electron chi connectivity index (χ1n) is 5.39. The third-order valence-corrected chi connectivity index (χ3v) is 3.12. The van der Waals surface area contributed by atoms with Gasteiger partial charge in [0.25, 0.3) is 0 Å². The molecular formula is C14H9BrClNO2. The Bertz CT molecular complexity index is 656. The van der Waals surface area contributed by atoms with Crippen LogP contribution in [-0.4, -0.2) is 17.3 Å². The molecule has 3 nitrogen and oxygen atoms in total. The molecule has 2 rings (SSSR count). The molecule has 0 spiro atoms. The largest absolute Gasteiger partial charge is 0.478 e. The fraction of sp³-hybridized carbons (Fsp3) is 0. The molecule has 0 saturated heterocycles. The number of aliphatic imine (C=N–C) groups is 1. The van der Waals surface area contributed by atoms with Gasteiger partial charge in [-0.25, -0.2) is 4.79 Å². The molecule has 0 radical (unpaired) electrons. The van der Waals surface area contributed by atoms with Crippen LogP contribution < -0.4 is 0 Å². The summed E-state index contributed by atoms with van der Waals surface area (Å²) in [4.78, 5) is 15.3. The lowest BCUT2D eigenvalue weighted by Gasteiger charge is -2.01. The molecule has 0 fully saturated rings. The molecule has 0 saturated carbocycles. The van der Waals surface area contributed by atoms with Gasteiger partial charge in [-0.2, -0.15) is 0 Å².